The number of anilines is 1. The van der Waals surface area contributed by atoms with E-state index in [-0.39, 0.29) is 17.3 Å². The van der Waals surface area contributed by atoms with Crippen LogP contribution in [0.2, 0.25) is 0 Å². The lowest BCUT2D eigenvalue weighted by Gasteiger charge is -2.12. The van der Waals surface area contributed by atoms with Crippen LogP contribution in [0.5, 0.6) is 0 Å². The van der Waals surface area contributed by atoms with Crippen LogP contribution in [0.3, 0.4) is 0 Å². The second-order valence-corrected chi connectivity index (χ2v) is 5.62. The number of aryl methyl sites for hydroxylation is 2. The van der Waals surface area contributed by atoms with Gasteiger partial charge in [-0.05, 0) is 25.5 Å². The summed E-state index contributed by atoms with van der Waals surface area (Å²) < 4.78 is 1.41. The van der Waals surface area contributed by atoms with E-state index in [0.717, 1.165) is 17.1 Å². The maximum atomic E-state index is 11.9. The number of nitrogens with zero attached hydrogens (tertiary/aromatic N) is 2. The van der Waals surface area contributed by atoms with Crippen molar-refractivity contribution < 1.29 is 4.79 Å². The molecule has 0 aliphatic carbocycles. The number of carbonyl (C=O) groups is 1. The summed E-state index contributed by atoms with van der Waals surface area (Å²) >= 11 is 1.58. The third kappa shape index (κ3) is 3.69. The van der Waals surface area contributed by atoms with E-state index in [1.54, 1.807) is 36.7 Å². The van der Waals surface area contributed by atoms with E-state index < -0.39 is 6.03 Å². The molecule has 21 heavy (non-hydrogen) atoms. The van der Waals surface area contributed by atoms with Gasteiger partial charge in [0.25, 0.3) is 5.56 Å². The van der Waals surface area contributed by atoms with Crippen LogP contribution in [0.15, 0.2) is 28.5 Å². The molecule has 0 bridgehead atoms. The van der Waals surface area contributed by atoms with Gasteiger partial charge in [0.05, 0.1) is 16.7 Å². The lowest BCUT2D eigenvalue weighted by Crippen LogP contribution is -2.34. The Labute approximate surface area is 126 Å². The average molecular weight is 306 g/mol. The van der Waals surface area contributed by atoms with Crippen LogP contribution in [0.1, 0.15) is 30.6 Å². The first-order valence-electron chi connectivity index (χ1n) is 6.68. The molecule has 2 amide bonds. The highest BCUT2D eigenvalue weighted by Gasteiger charge is 2.13. The number of amides is 2. The van der Waals surface area contributed by atoms with Gasteiger partial charge in [-0.1, -0.05) is 6.92 Å². The second kappa shape index (κ2) is 6.53. The summed E-state index contributed by atoms with van der Waals surface area (Å²) in [5.41, 5.74) is 0.826. The van der Waals surface area contributed by atoms with E-state index in [1.807, 2.05) is 19.2 Å². The van der Waals surface area contributed by atoms with E-state index in [9.17, 15) is 9.59 Å². The smallest absolute Gasteiger partial charge is 0.319 e. The van der Waals surface area contributed by atoms with Crippen molar-refractivity contribution in [2.24, 2.45) is 7.05 Å². The van der Waals surface area contributed by atoms with Crippen molar-refractivity contribution in [2.45, 2.75) is 26.3 Å². The maximum absolute atomic E-state index is 11.9. The fourth-order valence-electron chi connectivity index (χ4n) is 1.81. The van der Waals surface area contributed by atoms with Gasteiger partial charge in [0.2, 0.25) is 0 Å². The molecular weight excluding hydrogens is 288 g/mol. The molecule has 2 rings (SSSR count). The highest BCUT2D eigenvalue weighted by Crippen LogP contribution is 2.16. The van der Waals surface area contributed by atoms with Gasteiger partial charge >= 0.3 is 6.03 Å². The number of hydrogen-bond donors (Lipinski definition) is 2. The molecule has 112 valence electrons. The summed E-state index contributed by atoms with van der Waals surface area (Å²) in [6.07, 6.45) is 2.51. The molecule has 2 heterocycles. The van der Waals surface area contributed by atoms with Crippen molar-refractivity contribution in [1.82, 2.24) is 14.9 Å². The van der Waals surface area contributed by atoms with Crippen LogP contribution in [-0.4, -0.2) is 15.6 Å². The first kappa shape index (κ1) is 15.2. The van der Waals surface area contributed by atoms with E-state index in [1.165, 1.54) is 4.57 Å². The fourth-order valence-corrected chi connectivity index (χ4v) is 2.65. The molecule has 7 heteroatoms. The zero-order chi connectivity index (χ0) is 15.4. The predicted molar refractivity (Wildman–Crippen MR) is 83.7 cm³/mol. The zero-order valence-corrected chi connectivity index (χ0v) is 13.0. The number of carbonyl (C=O) groups excluding carboxylic acids is 1. The van der Waals surface area contributed by atoms with Gasteiger partial charge in [-0.25, -0.2) is 9.78 Å². The monoisotopic (exact) mass is 306 g/mol. The molecule has 0 saturated carbocycles. The van der Waals surface area contributed by atoms with Crippen LogP contribution < -0.4 is 16.2 Å². The number of urea groups is 1. The number of pyridine rings is 1. The number of thiazole rings is 1. The molecule has 0 saturated heterocycles. The lowest BCUT2D eigenvalue weighted by molar-refractivity contribution is 0.249. The quantitative estimate of drug-likeness (QED) is 0.910. The summed E-state index contributed by atoms with van der Waals surface area (Å²) in [7, 11) is 1.63. The van der Waals surface area contributed by atoms with Gasteiger partial charge in [-0.3, -0.25) is 4.79 Å². The second-order valence-electron chi connectivity index (χ2n) is 4.68. The van der Waals surface area contributed by atoms with Crippen LogP contribution >= 0.6 is 11.3 Å². The van der Waals surface area contributed by atoms with Crippen molar-refractivity contribution >= 4 is 23.1 Å². The van der Waals surface area contributed by atoms with E-state index in [2.05, 4.69) is 15.6 Å². The van der Waals surface area contributed by atoms with Crippen LogP contribution in [-0.2, 0) is 13.5 Å². The van der Waals surface area contributed by atoms with Crippen molar-refractivity contribution in [3.05, 3.63) is 44.8 Å². The molecule has 0 spiro atoms. The fraction of sp³-hybridized carbons (Fsp3) is 0.357. The van der Waals surface area contributed by atoms with Crippen LogP contribution in [0, 0.1) is 0 Å². The Balaban J connectivity index is 2.01. The van der Waals surface area contributed by atoms with Crippen molar-refractivity contribution in [1.29, 1.82) is 0 Å². The lowest BCUT2D eigenvalue weighted by atomic mass is 10.2. The first-order chi connectivity index (χ1) is 10.0. The molecule has 0 fully saturated rings. The molecule has 1 atom stereocenters. The van der Waals surface area contributed by atoms with E-state index in [4.69, 9.17) is 0 Å². The summed E-state index contributed by atoms with van der Waals surface area (Å²) in [6.45, 7) is 3.90. The number of nitrogens with one attached hydrogen (secondary N) is 2. The van der Waals surface area contributed by atoms with Gasteiger partial charge < -0.3 is 15.2 Å². The molecule has 0 aliphatic rings. The largest absolute Gasteiger partial charge is 0.330 e. The SMILES string of the molecule is CCc1nc([C@@H](C)NC(=O)Nc2cccn(C)c2=O)cs1. The van der Waals surface area contributed by atoms with Crippen LogP contribution in [0.4, 0.5) is 10.5 Å². The summed E-state index contributed by atoms with van der Waals surface area (Å²) in [4.78, 5) is 28.2. The minimum absolute atomic E-state index is 0.214. The Bertz CT molecular complexity index is 692. The Kier molecular flexibility index (Phi) is 4.74. The van der Waals surface area contributed by atoms with Gasteiger partial charge in [-0.15, -0.1) is 11.3 Å². The molecular formula is C14H18N4O2S. The number of hydrogen-bond acceptors (Lipinski definition) is 4. The molecule has 0 radical (unpaired) electrons. The third-order valence-electron chi connectivity index (χ3n) is 3.03. The minimum Gasteiger partial charge on any atom is -0.330 e. The van der Waals surface area contributed by atoms with Crippen LogP contribution in [0.25, 0.3) is 0 Å². The minimum atomic E-state index is -0.420. The van der Waals surface area contributed by atoms with Gasteiger partial charge in [0, 0.05) is 18.6 Å². The number of aromatic nitrogens is 2. The average Bonchev–Trinajstić information content (AvgIpc) is 2.93. The Morgan fingerprint density at radius 2 is 2.29 bits per heavy atom. The third-order valence-corrected chi connectivity index (χ3v) is 4.05. The maximum Gasteiger partial charge on any atom is 0.319 e. The molecule has 0 aliphatic heterocycles. The van der Waals surface area contributed by atoms with E-state index >= 15 is 0 Å². The van der Waals surface area contributed by atoms with Gasteiger partial charge in [0.1, 0.15) is 5.69 Å². The predicted octanol–water partition coefficient (Wildman–Crippen LogP) is 2.29. The summed E-state index contributed by atoms with van der Waals surface area (Å²) in [6, 6.07) is 2.64. The summed E-state index contributed by atoms with van der Waals surface area (Å²) in [5.74, 6) is 0. The number of rotatable bonds is 4. The highest BCUT2D eigenvalue weighted by molar-refractivity contribution is 7.09. The molecule has 2 N–H and O–H groups in total. The molecule has 0 unspecified atom stereocenters. The highest BCUT2D eigenvalue weighted by atomic mass is 32.1. The van der Waals surface area contributed by atoms with Gasteiger partial charge in [-0.2, -0.15) is 0 Å². The Morgan fingerprint density at radius 3 is 2.95 bits per heavy atom. The zero-order valence-electron chi connectivity index (χ0n) is 12.2. The Morgan fingerprint density at radius 1 is 1.52 bits per heavy atom. The standard InChI is InChI=1S/C14H18N4O2S/c1-4-12-16-11(8-21-12)9(2)15-14(20)17-10-6-5-7-18(3)13(10)19/h5-9H,4H2,1-3H3,(H2,15,17,20)/t9-/m1/s1. The van der Waals surface area contributed by atoms with Crippen molar-refractivity contribution in [3.63, 3.8) is 0 Å². The molecule has 2 aromatic rings. The molecule has 0 aromatic carbocycles. The Hall–Kier alpha value is -2.15. The van der Waals surface area contributed by atoms with Crippen molar-refractivity contribution in [3.8, 4) is 0 Å². The summed E-state index contributed by atoms with van der Waals surface area (Å²) in [5, 5.41) is 8.31. The molecule has 6 nitrogen and oxygen atoms in total. The van der Waals surface area contributed by atoms with Crippen molar-refractivity contribution in [2.75, 3.05) is 5.32 Å². The van der Waals surface area contributed by atoms with E-state index in [0.29, 0.717) is 0 Å². The first-order valence-corrected chi connectivity index (χ1v) is 7.56. The van der Waals surface area contributed by atoms with Gasteiger partial charge in [0.15, 0.2) is 0 Å². The normalized spacial score (nSPS) is 12.0. The molecule has 2 aromatic heterocycles. The topological polar surface area (TPSA) is 76.0 Å².